The zero-order valence-corrected chi connectivity index (χ0v) is 46.8. The predicted molar refractivity (Wildman–Crippen MR) is 301 cm³/mol. The minimum atomic E-state index is -0.846. The molecule has 370 valence electrons. The number of aryl methyl sites for hydroxylation is 1. The summed E-state index contributed by atoms with van der Waals surface area (Å²) in [5.41, 5.74) is 18.5. The van der Waals surface area contributed by atoms with E-state index in [1.807, 2.05) is 46.0 Å². The summed E-state index contributed by atoms with van der Waals surface area (Å²) in [7, 11) is 0. The van der Waals surface area contributed by atoms with Gasteiger partial charge in [-0.05, 0) is 121 Å². The third kappa shape index (κ3) is 10.4. The predicted octanol–water partition coefficient (Wildman–Crippen LogP) is 18.4. The average molecular weight is 1130 g/mol. The van der Waals surface area contributed by atoms with E-state index < -0.39 is 11.8 Å². The number of phenolic OH excluding ortho intramolecular Hbond substituents is 1. The molecular formula is C67H70N3OPt-. The number of imidazole rings is 1. The molecule has 7 aromatic carbocycles. The number of hydrogen-bond donors (Lipinski definition) is 1. The van der Waals surface area contributed by atoms with E-state index >= 15 is 0 Å². The molecule has 5 heteroatoms. The molecule has 0 unspecified atom stereocenters. The van der Waals surface area contributed by atoms with Crippen molar-refractivity contribution >= 4 is 11.0 Å². The molecule has 2 heterocycles. The Morgan fingerprint density at radius 1 is 0.542 bits per heavy atom. The van der Waals surface area contributed by atoms with Gasteiger partial charge in [0.05, 0.1) is 22.3 Å². The van der Waals surface area contributed by atoms with Gasteiger partial charge in [-0.2, -0.15) is 0 Å². The maximum absolute atomic E-state index is 12.6. The monoisotopic (exact) mass is 1130 g/mol. The second kappa shape index (κ2) is 19.9. The van der Waals surface area contributed by atoms with E-state index in [1.165, 1.54) is 5.56 Å². The molecule has 9 aromatic rings. The molecule has 1 N–H and O–H groups in total. The first kappa shape index (κ1) is 49.2. The molecule has 2 aromatic heterocycles. The Kier molecular flexibility index (Phi) is 13.6. The number of hydrogen-bond acceptors (Lipinski definition) is 3. The van der Waals surface area contributed by atoms with E-state index in [0.717, 1.165) is 100 Å². The van der Waals surface area contributed by atoms with Gasteiger partial charge in [-0.25, -0.2) is 4.98 Å². The van der Waals surface area contributed by atoms with Crippen molar-refractivity contribution in [1.29, 1.82) is 0 Å². The SMILES string of the molecule is [2H]C(C)(C)c1cc(-c2ccc(-n3c(-c4cc(C(C)(C)C)cc(C(C)(C)C)c4O)nc4c(-c5[c-]c(-c6cc(-c7ccc(C(C)(C)C)cc7)ccn6)cc(-c6ccccc6)c5)cccc43)c(C)c2)cc(C([2H])(C)C)c1.[Pt]. The van der Waals surface area contributed by atoms with Gasteiger partial charge >= 0.3 is 0 Å². The van der Waals surface area contributed by atoms with E-state index in [9.17, 15) is 5.11 Å². The zero-order valence-electron chi connectivity index (χ0n) is 46.5. The van der Waals surface area contributed by atoms with Crippen LogP contribution in [0.2, 0.25) is 0 Å². The maximum Gasteiger partial charge on any atom is 0.148 e. The van der Waals surface area contributed by atoms with Crippen LogP contribution >= 0.6 is 0 Å². The van der Waals surface area contributed by atoms with Gasteiger partial charge in [-0.15, -0.1) is 23.8 Å². The van der Waals surface area contributed by atoms with Crippen LogP contribution in [0.25, 0.3) is 83.9 Å². The van der Waals surface area contributed by atoms with Crippen LogP contribution in [0.15, 0.2) is 152 Å². The molecule has 0 radical (unpaired) electrons. The summed E-state index contributed by atoms with van der Waals surface area (Å²) >= 11 is 0. The molecule has 0 spiro atoms. The van der Waals surface area contributed by atoms with Crippen molar-refractivity contribution in [2.75, 3.05) is 0 Å². The summed E-state index contributed by atoms with van der Waals surface area (Å²) in [6.07, 6.45) is 1.89. The van der Waals surface area contributed by atoms with Crippen molar-refractivity contribution < 1.29 is 28.9 Å². The van der Waals surface area contributed by atoms with Crippen molar-refractivity contribution in [3.8, 4) is 78.6 Å². The van der Waals surface area contributed by atoms with Gasteiger partial charge in [0.25, 0.3) is 0 Å². The van der Waals surface area contributed by atoms with Crippen LogP contribution in [-0.2, 0) is 37.3 Å². The van der Waals surface area contributed by atoms with Crippen LogP contribution in [0.4, 0.5) is 0 Å². The van der Waals surface area contributed by atoms with Gasteiger partial charge < -0.3 is 5.11 Å². The molecule has 72 heavy (non-hydrogen) atoms. The number of benzene rings is 7. The fourth-order valence-electron chi connectivity index (χ4n) is 9.58. The second-order valence-electron chi connectivity index (χ2n) is 23.0. The van der Waals surface area contributed by atoms with Crippen molar-refractivity contribution in [2.45, 2.75) is 125 Å². The standard InChI is InChI=1S/C67H70N3O.Pt/c1-41(2)48-32-49(42(3)4)34-51(33-48)46-25-28-60(43(5)31-46)70-61-22-18-21-56(62(61)69-64(70)57-39-55(66(9,10)11)40-58(63(57)71)67(12,13)14)52-35-50(44-19-16-15-17-20-44)36-53(37-52)59-38-47(29-30-68-59)45-23-26-54(27-24-45)65(6,7)8;/h15-36,38-42,71H,1-14H3;/q-1;/i41D,42D;. The number of fused-ring (bicyclic) bond motifs is 1. The first-order valence-electron chi connectivity index (χ1n) is 26.0. The number of rotatable bonds is 9. The molecule has 0 aliphatic carbocycles. The molecule has 0 amide bonds. The van der Waals surface area contributed by atoms with Crippen LogP contribution in [0.3, 0.4) is 0 Å². The topological polar surface area (TPSA) is 50.9 Å². The zero-order chi connectivity index (χ0) is 52.6. The van der Waals surface area contributed by atoms with Crippen LogP contribution in [0.1, 0.15) is 138 Å². The fraction of sp³-hybridized carbons (Fsp3) is 0.284. The average Bonchev–Trinajstić information content (AvgIpc) is 3.72. The van der Waals surface area contributed by atoms with Crippen LogP contribution < -0.4 is 0 Å². The van der Waals surface area contributed by atoms with E-state index in [0.29, 0.717) is 11.4 Å². The van der Waals surface area contributed by atoms with Crippen LogP contribution in [0, 0.1) is 13.0 Å². The molecular weight excluding hydrogens is 1060 g/mol. The van der Waals surface area contributed by atoms with Gasteiger partial charge in [-0.3, -0.25) is 9.55 Å². The summed E-state index contributed by atoms with van der Waals surface area (Å²) in [6, 6.07) is 55.1. The third-order valence-corrected chi connectivity index (χ3v) is 14.0. The summed E-state index contributed by atoms with van der Waals surface area (Å²) in [4.78, 5) is 10.6. The molecule has 0 bridgehead atoms. The minimum absolute atomic E-state index is 0. The molecule has 0 aliphatic heterocycles. The quantitative estimate of drug-likeness (QED) is 0.147. The van der Waals surface area contributed by atoms with E-state index in [-0.39, 0.29) is 43.1 Å². The first-order valence-corrected chi connectivity index (χ1v) is 25.0. The number of pyridine rings is 1. The molecule has 4 nitrogen and oxygen atoms in total. The Morgan fingerprint density at radius 2 is 1.14 bits per heavy atom. The summed E-state index contributed by atoms with van der Waals surface area (Å²) in [6.45, 7) is 29.5. The van der Waals surface area contributed by atoms with E-state index in [4.69, 9.17) is 12.7 Å². The molecule has 9 rings (SSSR count). The molecule has 0 saturated carbocycles. The number of phenols is 1. The van der Waals surface area contributed by atoms with Crippen LogP contribution in [0.5, 0.6) is 5.75 Å². The Hall–Kier alpha value is -6.35. The summed E-state index contributed by atoms with van der Waals surface area (Å²) in [5.74, 6) is -0.843. The smallest absolute Gasteiger partial charge is 0.148 e. The number of aromatic nitrogens is 3. The van der Waals surface area contributed by atoms with Crippen molar-refractivity contribution in [3.05, 3.63) is 191 Å². The van der Waals surface area contributed by atoms with Gasteiger partial charge in [0.1, 0.15) is 11.6 Å². The fourth-order valence-corrected chi connectivity index (χ4v) is 9.58. The van der Waals surface area contributed by atoms with E-state index in [1.54, 1.807) is 0 Å². The van der Waals surface area contributed by atoms with Crippen LogP contribution in [-0.4, -0.2) is 19.6 Å². The molecule has 0 saturated heterocycles. The summed E-state index contributed by atoms with van der Waals surface area (Å²) in [5, 5.41) is 12.6. The van der Waals surface area contributed by atoms with Gasteiger partial charge in [0.15, 0.2) is 0 Å². The van der Waals surface area contributed by atoms with Crippen molar-refractivity contribution in [2.24, 2.45) is 0 Å². The summed E-state index contributed by atoms with van der Waals surface area (Å²) < 4.78 is 20.1. The number of para-hydroxylation sites is 1. The third-order valence-electron chi connectivity index (χ3n) is 14.0. The Balaban J connectivity index is 0.00000729. The van der Waals surface area contributed by atoms with E-state index in [2.05, 4.69) is 213 Å². The Labute approximate surface area is 446 Å². The van der Waals surface area contributed by atoms with Gasteiger partial charge in [0, 0.05) is 41.3 Å². The Bertz CT molecular complexity index is 3510. The first-order chi connectivity index (χ1) is 34.1. The van der Waals surface area contributed by atoms with Gasteiger partial charge in [-0.1, -0.05) is 210 Å². The van der Waals surface area contributed by atoms with Gasteiger partial charge in [0.2, 0.25) is 0 Å². The van der Waals surface area contributed by atoms with Crippen molar-refractivity contribution in [3.63, 3.8) is 0 Å². The number of nitrogens with zero attached hydrogens (tertiary/aromatic N) is 3. The minimum Gasteiger partial charge on any atom is -0.507 e. The van der Waals surface area contributed by atoms with Crippen molar-refractivity contribution in [1.82, 2.24) is 14.5 Å². The normalized spacial score (nSPS) is 12.9. The molecule has 0 fully saturated rings. The maximum atomic E-state index is 12.6. The molecule has 0 aliphatic rings. The Morgan fingerprint density at radius 3 is 1.75 bits per heavy atom. The number of aromatic hydroxyl groups is 1. The molecule has 0 atom stereocenters. The largest absolute Gasteiger partial charge is 0.507 e. The second-order valence-corrected chi connectivity index (χ2v) is 23.0.